The average molecular weight is 478 g/mol. The van der Waals surface area contributed by atoms with Gasteiger partial charge in [-0.15, -0.1) is 21.5 Å². The molecule has 0 radical (unpaired) electrons. The molecule has 1 unspecified atom stereocenters. The van der Waals surface area contributed by atoms with Crippen LogP contribution in [0.2, 0.25) is 0 Å². The summed E-state index contributed by atoms with van der Waals surface area (Å²) < 4.78 is 7.63. The Kier molecular flexibility index (Phi) is 5.90. The monoisotopic (exact) mass is 477 g/mol. The van der Waals surface area contributed by atoms with Gasteiger partial charge >= 0.3 is 0 Å². The molecule has 0 saturated carbocycles. The highest BCUT2D eigenvalue weighted by Gasteiger charge is 2.22. The van der Waals surface area contributed by atoms with E-state index in [-0.39, 0.29) is 10.8 Å². The number of aromatic amines is 1. The minimum atomic E-state index is -0.123. The van der Waals surface area contributed by atoms with Crippen molar-refractivity contribution in [1.82, 2.24) is 24.7 Å². The largest absolute Gasteiger partial charge is 0.461 e. The zero-order valence-electron chi connectivity index (χ0n) is 18.5. The summed E-state index contributed by atoms with van der Waals surface area (Å²) in [6.45, 7) is 7.07. The first-order valence-corrected chi connectivity index (χ1v) is 12.5. The lowest BCUT2D eigenvalue weighted by molar-refractivity contribution is 0.489. The number of nitrogens with zero attached hydrogens (tertiary/aromatic N) is 4. The topological polar surface area (TPSA) is 89.6 Å². The third-order valence-corrected chi connectivity index (χ3v) is 7.18. The summed E-state index contributed by atoms with van der Waals surface area (Å²) in [5.41, 5.74) is 1.80. The summed E-state index contributed by atoms with van der Waals surface area (Å²) in [5.74, 6) is 2.41. The second-order valence-electron chi connectivity index (χ2n) is 8.19. The Morgan fingerprint density at radius 1 is 1.12 bits per heavy atom. The number of aromatic nitrogens is 5. The number of furan rings is 1. The second kappa shape index (κ2) is 8.99. The Bertz CT molecular complexity index is 1440. The highest BCUT2D eigenvalue weighted by atomic mass is 32.2. The Hall–Kier alpha value is -3.17. The molecule has 1 N–H and O–H groups in total. The highest BCUT2D eigenvalue weighted by molar-refractivity contribution is 7.99. The molecule has 0 aliphatic rings. The first-order chi connectivity index (χ1) is 16.0. The van der Waals surface area contributed by atoms with Gasteiger partial charge in [0.2, 0.25) is 0 Å². The van der Waals surface area contributed by atoms with Crippen LogP contribution in [0.1, 0.15) is 31.8 Å². The maximum absolute atomic E-state index is 13.0. The molecule has 0 amide bonds. The van der Waals surface area contributed by atoms with E-state index in [9.17, 15) is 4.79 Å². The average Bonchev–Trinajstić information content (AvgIpc) is 3.54. The molecule has 0 spiro atoms. The predicted octanol–water partition coefficient (Wildman–Crippen LogP) is 6.01. The normalized spacial score (nSPS) is 12.6. The molecule has 7 nitrogen and oxygen atoms in total. The first kappa shape index (κ1) is 21.7. The molecule has 0 saturated heterocycles. The molecule has 0 aliphatic heterocycles. The summed E-state index contributed by atoms with van der Waals surface area (Å²) in [7, 11) is 0. The van der Waals surface area contributed by atoms with Gasteiger partial charge in [-0.05, 0) is 30.5 Å². The second-order valence-corrected chi connectivity index (χ2v) is 10.4. The smallest absolute Gasteiger partial charge is 0.260 e. The molecule has 1 atom stereocenters. The van der Waals surface area contributed by atoms with Gasteiger partial charge in [-0.25, -0.2) is 4.98 Å². The van der Waals surface area contributed by atoms with Crippen molar-refractivity contribution in [3.05, 3.63) is 70.3 Å². The van der Waals surface area contributed by atoms with Crippen molar-refractivity contribution in [3.8, 4) is 22.7 Å². The number of rotatable bonds is 7. The van der Waals surface area contributed by atoms with Gasteiger partial charge in [-0.2, -0.15) is 0 Å². The van der Waals surface area contributed by atoms with Crippen molar-refractivity contribution in [2.45, 2.75) is 37.7 Å². The molecule has 4 aromatic heterocycles. The van der Waals surface area contributed by atoms with Crippen LogP contribution in [0.3, 0.4) is 0 Å². The summed E-state index contributed by atoms with van der Waals surface area (Å²) >= 11 is 3.01. The number of thiophene rings is 1. The summed E-state index contributed by atoms with van der Waals surface area (Å²) in [6.07, 6.45) is 1.63. The maximum Gasteiger partial charge on any atom is 0.260 e. The van der Waals surface area contributed by atoms with E-state index in [0.29, 0.717) is 28.7 Å². The van der Waals surface area contributed by atoms with Crippen LogP contribution >= 0.6 is 23.1 Å². The Morgan fingerprint density at radius 2 is 1.94 bits per heavy atom. The molecule has 9 heteroatoms. The molecular formula is C24H23N5O2S2. The molecule has 0 bridgehead atoms. The first-order valence-electron chi connectivity index (χ1n) is 10.7. The van der Waals surface area contributed by atoms with Crippen LogP contribution in [0.4, 0.5) is 0 Å². The van der Waals surface area contributed by atoms with Crippen molar-refractivity contribution in [3.63, 3.8) is 0 Å². The number of thioether (sulfide) groups is 1. The zero-order chi connectivity index (χ0) is 22.9. The van der Waals surface area contributed by atoms with Gasteiger partial charge in [0.15, 0.2) is 16.7 Å². The fraction of sp³-hybridized carbons (Fsp3) is 0.250. The van der Waals surface area contributed by atoms with Crippen LogP contribution in [0, 0.1) is 5.92 Å². The van der Waals surface area contributed by atoms with Crippen molar-refractivity contribution < 1.29 is 4.42 Å². The molecule has 33 heavy (non-hydrogen) atoms. The maximum atomic E-state index is 13.0. The Labute approximate surface area is 198 Å². The van der Waals surface area contributed by atoms with Crippen molar-refractivity contribution in [2.75, 3.05) is 0 Å². The van der Waals surface area contributed by atoms with Crippen LogP contribution < -0.4 is 5.56 Å². The number of benzene rings is 1. The van der Waals surface area contributed by atoms with Gasteiger partial charge in [-0.3, -0.25) is 9.36 Å². The number of hydrogen-bond donors (Lipinski definition) is 1. The van der Waals surface area contributed by atoms with Crippen LogP contribution in [0.25, 0.3) is 32.9 Å². The standard InChI is InChI=1S/C24H23N5O2S2/c1-14(2)12-29-21(18-10-7-11-31-18)27-28-24(29)33-15(3)20-25-22(30)19-17(13-32-23(19)26-20)16-8-5-4-6-9-16/h4-11,13-15H,12H2,1-3H3,(H,25,26,30). The van der Waals surface area contributed by atoms with Crippen LogP contribution in [0.15, 0.2) is 68.5 Å². The molecule has 168 valence electrons. The minimum absolute atomic E-state index is 0.121. The van der Waals surface area contributed by atoms with E-state index in [0.717, 1.165) is 27.7 Å². The summed E-state index contributed by atoms with van der Waals surface area (Å²) in [5, 5.41) is 12.1. The number of hydrogen-bond acceptors (Lipinski definition) is 7. The highest BCUT2D eigenvalue weighted by Crippen LogP contribution is 2.36. The van der Waals surface area contributed by atoms with E-state index in [1.165, 1.54) is 23.1 Å². The lowest BCUT2D eigenvalue weighted by Gasteiger charge is -2.14. The van der Waals surface area contributed by atoms with Crippen molar-refractivity contribution >= 4 is 33.3 Å². The van der Waals surface area contributed by atoms with E-state index in [2.05, 4.69) is 33.6 Å². The van der Waals surface area contributed by atoms with Gasteiger partial charge in [0.05, 0.1) is 16.9 Å². The quantitative estimate of drug-likeness (QED) is 0.289. The predicted molar refractivity (Wildman–Crippen MR) is 133 cm³/mol. The fourth-order valence-electron chi connectivity index (χ4n) is 3.70. The SMILES string of the molecule is CC(C)Cn1c(SC(C)c2nc3scc(-c4ccccc4)c3c(=O)[nH]2)nnc1-c1ccco1. The molecule has 4 heterocycles. The van der Waals surface area contributed by atoms with Crippen molar-refractivity contribution in [2.24, 2.45) is 5.92 Å². The lowest BCUT2D eigenvalue weighted by atomic mass is 10.1. The van der Waals surface area contributed by atoms with E-state index in [4.69, 9.17) is 9.40 Å². The number of H-pyrrole nitrogens is 1. The lowest BCUT2D eigenvalue weighted by Crippen LogP contribution is -2.13. The van der Waals surface area contributed by atoms with Crippen LogP contribution in [-0.4, -0.2) is 24.7 Å². The third kappa shape index (κ3) is 4.26. The van der Waals surface area contributed by atoms with E-state index in [1.807, 2.05) is 54.8 Å². The zero-order valence-corrected chi connectivity index (χ0v) is 20.1. The van der Waals surface area contributed by atoms with Crippen LogP contribution in [-0.2, 0) is 6.54 Å². The van der Waals surface area contributed by atoms with E-state index < -0.39 is 0 Å². The van der Waals surface area contributed by atoms with Gasteiger partial charge in [0.25, 0.3) is 5.56 Å². The molecule has 1 aromatic carbocycles. The van der Waals surface area contributed by atoms with Crippen molar-refractivity contribution in [1.29, 1.82) is 0 Å². The Morgan fingerprint density at radius 3 is 2.67 bits per heavy atom. The molecular weight excluding hydrogens is 454 g/mol. The number of fused-ring (bicyclic) bond motifs is 1. The van der Waals surface area contributed by atoms with Gasteiger partial charge in [0.1, 0.15) is 10.7 Å². The van der Waals surface area contributed by atoms with Gasteiger partial charge in [0, 0.05) is 17.5 Å². The van der Waals surface area contributed by atoms with E-state index >= 15 is 0 Å². The molecule has 5 rings (SSSR count). The summed E-state index contributed by atoms with van der Waals surface area (Å²) in [4.78, 5) is 21.6. The fourth-order valence-corrected chi connectivity index (χ4v) is 5.57. The molecule has 0 aliphatic carbocycles. The number of nitrogens with one attached hydrogen (secondary N) is 1. The van der Waals surface area contributed by atoms with Gasteiger partial charge in [-0.1, -0.05) is 55.9 Å². The van der Waals surface area contributed by atoms with Gasteiger partial charge < -0.3 is 9.40 Å². The minimum Gasteiger partial charge on any atom is -0.461 e. The molecule has 5 aromatic rings. The van der Waals surface area contributed by atoms with E-state index in [1.54, 1.807) is 6.26 Å². The van der Waals surface area contributed by atoms with Crippen LogP contribution in [0.5, 0.6) is 0 Å². The summed E-state index contributed by atoms with van der Waals surface area (Å²) in [6, 6.07) is 13.6. The molecule has 0 fully saturated rings. The Balaban J connectivity index is 1.48. The third-order valence-electron chi connectivity index (χ3n) is 5.22.